The molecule has 0 radical (unpaired) electrons. The molecule has 0 heterocycles. The molecule has 20 heavy (non-hydrogen) atoms. The third-order valence-electron chi connectivity index (χ3n) is 3.24. The van der Waals surface area contributed by atoms with Gasteiger partial charge in [-0.2, -0.15) is 0 Å². The van der Waals surface area contributed by atoms with Gasteiger partial charge in [0.15, 0.2) is 0 Å². The van der Waals surface area contributed by atoms with E-state index in [1.807, 2.05) is 13.0 Å². The summed E-state index contributed by atoms with van der Waals surface area (Å²) in [6.07, 6.45) is -1.06. The van der Waals surface area contributed by atoms with Crippen molar-refractivity contribution in [2.75, 3.05) is 7.11 Å². The van der Waals surface area contributed by atoms with E-state index in [0.29, 0.717) is 11.3 Å². The van der Waals surface area contributed by atoms with Gasteiger partial charge >= 0.3 is 0 Å². The molecule has 106 valence electrons. The van der Waals surface area contributed by atoms with Gasteiger partial charge in [-0.05, 0) is 43.2 Å². The van der Waals surface area contributed by atoms with Crippen LogP contribution >= 0.6 is 15.9 Å². The predicted octanol–water partition coefficient (Wildman–Crippen LogP) is 4.30. The van der Waals surface area contributed by atoms with Crippen LogP contribution in [0, 0.1) is 19.7 Å². The Hall–Kier alpha value is -1.39. The number of ether oxygens (including phenoxy) is 1. The molecule has 4 heteroatoms. The van der Waals surface area contributed by atoms with E-state index in [4.69, 9.17) is 4.74 Å². The highest BCUT2D eigenvalue weighted by molar-refractivity contribution is 9.10. The van der Waals surface area contributed by atoms with Gasteiger partial charge < -0.3 is 9.84 Å². The summed E-state index contributed by atoms with van der Waals surface area (Å²) in [7, 11) is 1.52. The molecule has 0 aliphatic heterocycles. The van der Waals surface area contributed by atoms with Crippen LogP contribution in [0.4, 0.5) is 4.39 Å². The molecule has 0 aliphatic carbocycles. The molecule has 0 bridgehead atoms. The van der Waals surface area contributed by atoms with Gasteiger partial charge in [0.2, 0.25) is 0 Å². The maximum Gasteiger partial charge on any atom is 0.129 e. The Morgan fingerprint density at radius 1 is 1.20 bits per heavy atom. The summed E-state index contributed by atoms with van der Waals surface area (Å²) < 4.78 is 20.3. The quantitative estimate of drug-likeness (QED) is 0.904. The normalized spacial score (nSPS) is 12.3. The molecular formula is C16H16BrFO2. The maximum atomic E-state index is 14.2. The van der Waals surface area contributed by atoms with Gasteiger partial charge in [0.25, 0.3) is 0 Å². The summed E-state index contributed by atoms with van der Waals surface area (Å²) in [5, 5.41) is 10.5. The highest BCUT2D eigenvalue weighted by atomic mass is 79.9. The molecule has 0 amide bonds. The lowest BCUT2D eigenvalue weighted by atomic mass is 9.95. The van der Waals surface area contributed by atoms with Crippen LogP contribution < -0.4 is 4.74 Å². The first-order chi connectivity index (χ1) is 9.43. The second-order valence-electron chi connectivity index (χ2n) is 4.77. The molecule has 2 aromatic rings. The Morgan fingerprint density at radius 3 is 2.50 bits per heavy atom. The van der Waals surface area contributed by atoms with Gasteiger partial charge in [0, 0.05) is 15.6 Å². The number of rotatable bonds is 3. The van der Waals surface area contributed by atoms with E-state index in [2.05, 4.69) is 15.9 Å². The topological polar surface area (TPSA) is 29.5 Å². The van der Waals surface area contributed by atoms with E-state index in [9.17, 15) is 9.50 Å². The number of benzene rings is 2. The summed E-state index contributed by atoms with van der Waals surface area (Å²) in [5.41, 5.74) is 2.39. The number of aliphatic hydroxyl groups excluding tert-OH is 1. The third-order valence-corrected chi connectivity index (χ3v) is 3.74. The maximum absolute atomic E-state index is 14.2. The number of halogens is 2. The molecule has 1 unspecified atom stereocenters. The van der Waals surface area contributed by atoms with Crippen LogP contribution in [0.25, 0.3) is 0 Å². The summed E-state index contributed by atoms with van der Waals surface area (Å²) in [5.74, 6) is 0.117. The molecule has 2 aromatic carbocycles. The van der Waals surface area contributed by atoms with E-state index < -0.39 is 11.9 Å². The SMILES string of the molecule is COc1cc(Br)ccc1C(O)c1c(C)cc(C)cc1F. The monoisotopic (exact) mass is 338 g/mol. The van der Waals surface area contributed by atoms with Crippen molar-refractivity contribution < 1.29 is 14.2 Å². The first kappa shape index (κ1) is 15.0. The van der Waals surface area contributed by atoms with Crippen molar-refractivity contribution >= 4 is 15.9 Å². The number of methoxy groups -OCH3 is 1. The Kier molecular flexibility index (Phi) is 4.45. The second kappa shape index (κ2) is 5.94. The van der Waals surface area contributed by atoms with E-state index >= 15 is 0 Å². The van der Waals surface area contributed by atoms with Crippen molar-refractivity contribution in [3.63, 3.8) is 0 Å². The lowest BCUT2D eigenvalue weighted by Crippen LogP contribution is -2.07. The van der Waals surface area contributed by atoms with Crippen molar-refractivity contribution in [2.45, 2.75) is 20.0 Å². The fraction of sp³-hybridized carbons (Fsp3) is 0.250. The first-order valence-electron chi connectivity index (χ1n) is 6.22. The van der Waals surface area contributed by atoms with Gasteiger partial charge in [-0.1, -0.05) is 28.1 Å². The van der Waals surface area contributed by atoms with Crippen LogP contribution in [0.1, 0.15) is 28.4 Å². The minimum Gasteiger partial charge on any atom is -0.496 e. The van der Waals surface area contributed by atoms with Crippen LogP contribution in [0.2, 0.25) is 0 Å². The van der Waals surface area contributed by atoms with Crippen molar-refractivity contribution in [3.05, 3.63) is 62.9 Å². The van der Waals surface area contributed by atoms with Crippen LogP contribution in [0.5, 0.6) is 5.75 Å². The van der Waals surface area contributed by atoms with E-state index in [1.54, 1.807) is 25.1 Å². The van der Waals surface area contributed by atoms with Crippen LogP contribution in [-0.4, -0.2) is 12.2 Å². The fourth-order valence-electron chi connectivity index (χ4n) is 2.34. The number of aryl methyl sites for hydroxylation is 2. The van der Waals surface area contributed by atoms with Gasteiger partial charge in [-0.25, -0.2) is 4.39 Å². The molecule has 1 N–H and O–H groups in total. The lowest BCUT2D eigenvalue weighted by molar-refractivity contribution is 0.208. The molecule has 0 aliphatic rings. The summed E-state index contributed by atoms with van der Waals surface area (Å²) in [6.45, 7) is 3.62. The largest absolute Gasteiger partial charge is 0.496 e. The van der Waals surface area contributed by atoms with E-state index in [-0.39, 0.29) is 5.56 Å². The zero-order valence-electron chi connectivity index (χ0n) is 11.6. The van der Waals surface area contributed by atoms with Crippen LogP contribution in [-0.2, 0) is 0 Å². The molecule has 0 fully saturated rings. The Labute approximate surface area is 126 Å². The third kappa shape index (κ3) is 2.86. The number of hydrogen-bond donors (Lipinski definition) is 1. The van der Waals surface area contributed by atoms with Crippen molar-refractivity contribution in [1.29, 1.82) is 0 Å². The number of hydrogen-bond acceptors (Lipinski definition) is 2. The minimum absolute atomic E-state index is 0.288. The van der Waals surface area contributed by atoms with Gasteiger partial charge in [0.05, 0.1) is 7.11 Å². The Balaban J connectivity index is 2.54. The van der Waals surface area contributed by atoms with Crippen molar-refractivity contribution in [1.82, 2.24) is 0 Å². The molecule has 2 nitrogen and oxygen atoms in total. The molecule has 1 atom stereocenters. The van der Waals surface area contributed by atoms with Crippen LogP contribution in [0.15, 0.2) is 34.8 Å². The Morgan fingerprint density at radius 2 is 1.90 bits per heavy atom. The first-order valence-corrected chi connectivity index (χ1v) is 7.01. The molecule has 0 spiro atoms. The summed E-state index contributed by atoms with van der Waals surface area (Å²) in [6, 6.07) is 8.55. The average Bonchev–Trinajstić information content (AvgIpc) is 2.37. The van der Waals surface area contributed by atoms with Gasteiger partial charge in [0.1, 0.15) is 17.7 Å². The summed E-state index contributed by atoms with van der Waals surface area (Å²) in [4.78, 5) is 0. The minimum atomic E-state index is -1.06. The molecular weight excluding hydrogens is 323 g/mol. The smallest absolute Gasteiger partial charge is 0.129 e. The van der Waals surface area contributed by atoms with E-state index in [1.165, 1.54) is 13.2 Å². The summed E-state index contributed by atoms with van der Waals surface area (Å²) >= 11 is 3.35. The zero-order valence-corrected chi connectivity index (χ0v) is 13.2. The second-order valence-corrected chi connectivity index (χ2v) is 5.68. The van der Waals surface area contributed by atoms with E-state index in [0.717, 1.165) is 15.6 Å². The highest BCUT2D eigenvalue weighted by Crippen LogP contribution is 2.34. The van der Waals surface area contributed by atoms with Gasteiger partial charge in [-0.3, -0.25) is 0 Å². The highest BCUT2D eigenvalue weighted by Gasteiger charge is 2.21. The molecule has 0 aromatic heterocycles. The van der Waals surface area contributed by atoms with Crippen molar-refractivity contribution in [2.24, 2.45) is 0 Å². The van der Waals surface area contributed by atoms with Crippen molar-refractivity contribution in [3.8, 4) is 5.75 Å². The zero-order chi connectivity index (χ0) is 14.9. The molecule has 0 saturated carbocycles. The fourth-order valence-corrected chi connectivity index (χ4v) is 2.68. The predicted molar refractivity (Wildman–Crippen MR) is 80.6 cm³/mol. The van der Waals surface area contributed by atoms with Crippen LogP contribution in [0.3, 0.4) is 0 Å². The standard InChI is InChI=1S/C16H16BrFO2/c1-9-6-10(2)15(13(18)7-9)16(19)12-5-4-11(17)8-14(12)20-3/h4-8,16,19H,1-3H3. The lowest BCUT2D eigenvalue weighted by Gasteiger charge is -2.18. The number of aliphatic hydroxyl groups is 1. The molecule has 2 rings (SSSR count). The van der Waals surface area contributed by atoms with Gasteiger partial charge in [-0.15, -0.1) is 0 Å². The Bertz CT molecular complexity index is 617. The average molecular weight is 339 g/mol. The molecule has 0 saturated heterocycles.